The molecule has 1 saturated heterocycles. The second kappa shape index (κ2) is 6.71. The molecular weight excluding hydrogens is 308 g/mol. The Kier molecular flexibility index (Phi) is 4.66. The van der Waals surface area contributed by atoms with E-state index in [0.717, 1.165) is 36.4 Å². The summed E-state index contributed by atoms with van der Waals surface area (Å²) in [5.41, 5.74) is 2.08. The third kappa shape index (κ3) is 3.11. The first-order valence-corrected chi connectivity index (χ1v) is 8.89. The third-order valence-corrected chi connectivity index (χ3v) is 5.16. The molecule has 1 fully saturated rings. The topological polar surface area (TPSA) is 42.4 Å². The number of para-hydroxylation sites is 1. The molecule has 1 atom stereocenters. The van der Waals surface area contributed by atoms with Crippen LogP contribution in [0.1, 0.15) is 59.7 Å². The standard InChI is InChI=1S/C18H22N2O2S/c1-12(2)14-11-23-17(19-14)18(21)20-10-6-8-15(20)13-7-4-5-9-16(13)22-3/h4-5,7,9,11-12,15H,6,8,10H2,1-3H3/t15-/m0/s1. The molecule has 2 heterocycles. The van der Waals surface area contributed by atoms with E-state index in [0.29, 0.717) is 10.9 Å². The van der Waals surface area contributed by atoms with Gasteiger partial charge in [0.2, 0.25) is 0 Å². The summed E-state index contributed by atoms with van der Waals surface area (Å²) in [7, 11) is 1.68. The molecule has 1 aliphatic heterocycles. The first-order valence-electron chi connectivity index (χ1n) is 8.01. The van der Waals surface area contributed by atoms with E-state index in [1.165, 1.54) is 11.3 Å². The van der Waals surface area contributed by atoms with Crippen LogP contribution in [0, 0.1) is 0 Å². The molecule has 1 amide bonds. The van der Waals surface area contributed by atoms with Crippen molar-refractivity contribution in [3.8, 4) is 5.75 Å². The van der Waals surface area contributed by atoms with Gasteiger partial charge in [0.25, 0.3) is 5.91 Å². The SMILES string of the molecule is COc1ccccc1[C@@H]1CCCN1C(=O)c1nc(C(C)C)cs1. The largest absolute Gasteiger partial charge is 0.496 e. The number of methoxy groups -OCH3 is 1. The van der Waals surface area contributed by atoms with Crippen molar-refractivity contribution in [2.75, 3.05) is 13.7 Å². The minimum Gasteiger partial charge on any atom is -0.496 e. The molecule has 0 unspecified atom stereocenters. The summed E-state index contributed by atoms with van der Waals surface area (Å²) in [4.78, 5) is 19.4. The molecule has 0 N–H and O–H groups in total. The Morgan fingerprint density at radius 2 is 2.17 bits per heavy atom. The van der Waals surface area contributed by atoms with Gasteiger partial charge in [0.05, 0.1) is 18.8 Å². The number of likely N-dealkylation sites (tertiary alicyclic amines) is 1. The van der Waals surface area contributed by atoms with Crippen molar-refractivity contribution in [2.45, 2.75) is 38.6 Å². The molecule has 1 aliphatic rings. The molecule has 23 heavy (non-hydrogen) atoms. The fraction of sp³-hybridized carbons (Fsp3) is 0.444. The van der Waals surface area contributed by atoms with Gasteiger partial charge < -0.3 is 9.64 Å². The molecule has 1 aromatic heterocycles. The van der Waals surface area contributed by atoms with Crippen molar-refractivity contribution >= 4 is 17.2 Å². The summed E-state index contributed by atoms with van der Waals surface area (Å²) in [6, 6.07) is 8.04. The predicted octanol–water partition coefficient (Wildman–Crippen LogP) is 4.25. The number of thiazole rings is 1. The summed E-state index contributed by atoms with van der Waals surface area (Å²) in [5, 5.41) is 2.59. The van der Waals surface area contributed by atoms with Gasteiger partial charge in [-0.3, -0.25) is 4.79 Å². The minimum atomic E-state index is 0.0373. The van der Waals surface area contributed by atoms with Crippen LogP contribution in [0.5, 0.6) is 5.75 Å². The molecule has 0 radical (unpaired) electrons. The highest BCUT2D eigenvalue weighted by atomic mass is 32.1. The van der Waals surface area contributed by atoms with Crippen LogP contribution in [0.25, 0.3) is 0 Å². The van der Waals surface area contributed by atoms with Crippen molar-refractivity contribution in [1.82, 2.24) is 9.88 Å². The molecule has 3 rings (SSSR count). The predicted molar refractivity (Wildman–Crippen MR) is 92.2 cm³/mol. The second-order valence-electron chi connectivity index (χ2n) is 6.13. The Balaban J connectivity index is 1.87. The van der Waals surface area contributed by atoms with Crippen LogP contribution < -0.4 is 4.74 Å². The molecular formula is C18H22N2O2S. The Hall–Kier alpha value is -1.88. The van der Waals surface area contributed by atoms with E-state index in [-0.39, 0.29) is 11.9 Å². The molecule has 0 spiro atoms. The lowest BCUT2D eigenvalue weighted by Crippen LogP contribution is -2.30. The number of amides is 1. The number of benzene rings is 1. The summed E-state index contributed by atoms with van der Waals surface area (Å²) in [5.74, 6) is 1.23. The number of aromatic nitrogens is 1. The number of hydrogen-bond donors (Lipinski definition) is 0. The smallest absolute Gasteiger partial charge is 0.283 e. The molecule has 5 heteroatoms. The van der Waals surface area contributed by atoms with E-state index < -0.39 is 0 Å². The fourth-order valence-corrected chi connectivity index (χ4v) is 3.98. The van der Waals surface area contributed by atoms with Gasteiger partial charge in [-0.05, 0) is 24.8 Å². The average molecular weight is 330 g/mol. The van der Waals surface area contributed by atoms with Crippen LogP contribution in [-0.2, 0) is 0 Å². The number of nitrogens with zero attached hydrogens (tertiary/aromatic N) is 2. The average Bonchev–Trinajstić information content (AvgIpc) is 3.23. The van der Waals surface area contributed by atoms with Gasteiger partial charge in [0.1, 0.15) is 5.75 Å². The lowest BCUT2D eigenvalue weighted by atomic mass is 10.0. The maximum atomic E-state index is 12.9. The van der Waals surface area contributed by atoms with Gasteiger partial charge in [0.15, 0.2) is 5.01 Å². The summed E-state index contributed by atoms with van der Waals surface area (Å²) >= 11 is 1.45. The number of rotatable bonds is 4. The molecule has 0 aliphatic carbocycles. The summed E-state index contributed by atoms with van der Waals surface area (Å²) in [6.45, 7) is 4.96. The van der Waals surface area contributed by atoms with Crippen molar-refractivity contribution in [3.05, 3.63) is 45.9 Å². The monoisotopic (exact) mass is 330 g/mol. The summed E-state index contributed by atoms with van der Waals surface area (Å²) in [6.07, 6.45) is 1.98. The van der Waals surface area contributed by atoms with Gasteiger partial charge in [-0.1, -0.05) is 32.0 Å². The van der Waals surface area contributed by atoms with Gasteiger partial charge >= 0.3 is 0 Å². The molecule has 122 valence electrons. The van der Waals surface area contributed by atoms with E-state index in [9.17, 15) is 4.79 Å². The first kappa shape index (κ1) is 16.0. The molecule has 0 bridgehead atoms. The Morgan fingerprint density at radius 3 is 2.87 bits per heavy atom. The van der Waals surface area contributed by atoms with Crippen molar-refractivity contribution in [2.24, 2.45) is 0 Å². The van der Waals surface area contributed by atoms with Crippen molar-refractivity contribution < 1.29 is 9.53 Å². The van der Waals surface area contributed by atoms with Crippen LogP contribution in [0.15, 0.2) is 29.6 Å². The van der Waals surface area contributed by atoms with Gasteiger partial charge in [-0.15, -0.1) is 11.3 Å². The third-order valence-electron chi connectivity index (χ3n) is 4.31. The maximum Gasteiger partial charge on any atom is 0.283 e. The zero-order chi connectivity index (χ0) is 16.4. The zero-order valence-corrected chi connectivity index (χ0v) is 14.6. The number of carbonyl (C=O) groups excluding carboxylic acids is 1. The number of ether oxygens (including phenoxy) is 1. The number of hydrogen-bond acceptors (Lipinski definition) is 4. The minimum absolute atomic E-state index is 0.0373. The highest BCUT2D eigenvalue weighted by Crippen LogP contribution is 2.38. The lowest BCUT2D eigenvalue weighted by Gasteiger charge is -2.25. The van der Waals surface area contributed by atoms with E-state index in [2.05, 4.69) is 24.9 Å². The van der Waals surface area contributed by atoms with E-state index in [1.54, 1.807) is 7.11 Å². The van der Waals surface area contributed by atoms with Crippen LogP contribution in [0.2, 0.25) is 0 Å². The highest BCUT2D eigenvalue weighted by Gasteiger charge is 2.33. The molecule has 0 saturated carbocycles. The molecule has 4 nitrogen and oxygen atoms in total. The van der Waals surface area contributed by atoms with Crippen LogP contribution in [0.4, 0.5) is 0 Å². The molecule has 2 aromatic rings. The quantitative estimate of drug-likeness (QED) is 0.841. The van der Waals surface area contributed by atoms with E-state index in [4.69, 9.17) is 4.74 Å². The van der Waals surface area contributed by atoms with Crippen molar-refractivity contribution in [1.29, 1.82) is 0 Å². The fourth-order valence-electron chi connectivity index (χ4n) is 3.05. The Morgan fingerprint density at radius 1 is 1.39 bits per heavy atom. The normalized spacial score (nSPS) is 17.7. The Bertz CT molecular complexity index is 696. The second-order valence-corrected chi connectivity index (χ2v) is 6.99. The van der Waals surface area contributed by atoms with Gasteiger partial charge in [-0.2, -0.15) is 0 Å². The lowest BCUT2D eigenvalue weighted by molar-refractivity contribution is 0.0733. The zero-order valence-electron chi connectivity index (χ0n) is 13.8. The first-order chi connectivity index (χ1) is 11.1. The van der Waals surface area contributed by atoms with Gasteiger partial charge in [-0.25, -0.2) is 4.98 Å². The Labute approximate surface area is 141 Å². The molecule has 1 aromatic carbocycles. The van der Waals surface area contributed by atoms with Crippen LogP contribution in [0.3, 0.4) is 0 Å². The van der Waals surface area contributed by atoms with E-state index >= 15 is 0 Å². The van der Waals surface area contributed by atoms with Crippen molar-refractivity contribution in [3.63, 3.8) is 0 Å². The van der Waals surface area contributed by atoms with E-state index in [1.807, 2.05) is 28.5 Å². The van der Waals surface area contributed by atoms with Gasteiger partial charge in [0, 0.05) is 17.5 Å². The summed E-state index contributed by atoms with van der Waals surface area (Å²) < 4.78 is 5.48. The number of carbonyl (C=O) groups is 1. The van der Waals surface area contributed by atoms with Crippen LogP contribution >= 0.6 is 11.3 Å². The van der Waals surface area contributed by atoms with Crippen LogP contribution in [-0.4, -0.2) is 29.4 Å². The maximum absolute atomic E-state index is 12.9. The highest BCUT2D eigenvalue weighted by molar-refractivity contribution is 7.11.